The Bertz CT molecular complexity index is 471. The lowest BCUT2D eigenvalue weighted by Crippen LogP contribution is -2.06. The molecule has 3 heteroatoms. The summed E-state index contributed by atoms with van der Waals surface area (Å²) in [5, 5.41) is 12.5. The minimum absolute atomic E-state index is 0.0663. The molecule has 0 aliphatic rings. The van der Waals surface area contributed by atoms with Crippen LogP contribution in [0.4, 0.5) is 5.69 Å². The quantitative estimate of drug-likeness (QED) is 0.845. The van der Waals surface area contributed by atoms with Gasteiger partial charge in [-0.15, -0.1) is 0 Å². The fourth-order valence-corrected chi connectivity index (χ4v) is 1.72. The topological polar surface area (TPSA) is 45.1 Å². The number of benzene rings is 1. The van der Waals surface area contributed by atoms with E-state index < -0.39 is 0 Å². The van der Waals surface area contributed by atoms with Crippen LogP contribution in [0.2, 0.25) is 0 Å². The number of nitrogens with zero attached hydrogens (tertiary/aromatic N) is 1. The molecule has 2 rings (SSSR count). The summed E-state index contributed by atoms with van der Waals surface area (Å²) in [6.07, 6.45) is 3.62. The van der Waals surface area contributed by atoms with Crippen LogP contribution in [0.15, 0.2) is 48.8 Å². The second-order valence-corrected chi connectivity index (χ2v) is 4.01. The normalized spacial score (nSPS) is 12.1. The van der Waals surface area contributed by atoms with Gasteiger partial charge in [-0.25, -0.2) is 0 Å². The molecule has 0 radical (unpaired) electrons. The van der Waals surface area contributed by atoms with Crippen LogP contribution in [0.5, 0.6) is 0 Å². The minimum atomic E-state index is 0.0663. The van der Waals surface area contributed by atoms with Gasteiger partial charge >= 0.3 is 0 Å². The zero-order valence-corrected chi connectivity index (χ0v) is 9.80. The Balaban J connectivity index is 2.10. The van der Waals surface area contributed by atoms with Gasteiger partial charge in [0.2, 0.25) is 0 Å². The standard InChI is InChI=1S/C14H16N2O/c1-11(13-5-3-7-15-9-13)16-14-6-2-4-12(8-14)10-17/h2-9,11,16-17H,10H2,1H3. The van der Waals surface area contributed by atoms with E-state index in [0.29, 0.717) is 0 Å². The maximum atomic E-state index is 9.08. The number of aliphatic hydroxyl groups is 1. The molecular formula is C14H16N2O. The highest BCUT2D eigenvalue weighted by Crippen LogP contribution is 2.19. The molecule has 0 amide bonds. The lowest BCUT2D eigenvalue weighted by Gasteiger charge is -2.15. The van der Waals surface area contributed by atoms with Crippen molar-refractivity contribution in [3.05, 3.63) is 59.9 Å². The van der Waals surface area contributed by atoms with E-state index in [1.165, 1.54) is 0 Å². The fraction of sp³-hybridized carbons (Fsp3) is 0.214. The van der Waals surface area contributed by atoms with Crippen LogP contribution in [0.25, 0.3) is 0 Å². The lowest BCUT2D eigenvalue weighted by atomic mass is 10.1. The highest BCUT2D eigenvalue weighted by molar-refractivity contribution is 5.47. The predicted octanol–water partition coefficient (Wildman–Crippen LogP) is 2.75. The summed E-state index contributed by atoms with van der Waals surface area (Å²) in [5.41, 5.74) is 3.06. The monoisotopic (exact) mass is 228 g/mol. The number of anilines is 1. The second kappa shape index (κ2) is 5.46. The summed E-state index contributed by atoms with van der Waals surface area (Å²) in [7, 11) is 0. The maximum Gasteiger partial charge on any atom is 0.0682 e. The van der Waals surface area contributed by atoms with E-state index in [-0.39, 0.29) is 12.6 Å². The average Bonchev–Trinajstić information content (AvgIpc) is 2.40. The zero-order chi connectivity index (χ0) is 12.1. The Kier molecular flexibility index (Phi) is 3.73. The van der Waals surface area contributed by atoms with Crippen LogP contribution < -0.4 is 5.32 Å². The molecule has 1 aromatic carbocycles. The summed E-state index contributed by atoms with van der Waals surface area (Å²) in [4.78, 5) is 4.10. The molecule has 0 fully saturated rings. The first-order valence-corrected chi connectivity index (χ1v) is 5.66. The summed E-state index contributed by atoms with van der Waals surface area (Å²) in [6.45, 7) is 2.15. The van der Waals surface area contributed by atoms with Crippen LogP contribution in [-0.2, 0) is 6.61 Å². The van der Waals surface area contributed by atoms with Crippen LogP contribution in [-0.4, -0.2) is 10.1 Å². The minimum Gasteiger partial charge on any atom is -0.392 e. The molecule has 2 aromatic rings. The van der Waals surface area contributed by atoms with Gasteiger partial charge in [0.05, 0.1) is 12.6 Å². The van der Waals surface area contributed by atoms with Crippen molar-refractivity contribution < 1.29 is 5.11 Å². The van der Waals surface area contributed by atoms with Crippen molar-refractivity contribution in [1.29, 1.82) is 0 Å². The molecule has 2 N–H and O–H groups in total. The predicted molar refractivity (Wildman–Crippen MR) is 68.6 cm³/mol. The number of rotatable bonds is 4. The fourth-order valence-electron chi connectivity index (χ4n) is 1.72. The maximum absolute atomic E-state index is 9.08. The first-order chi connectivity index (χ1) is 8.29. The molecule has 17 heavy (non-hydrogen) atoms. The molecule has 0 aliphatic carbocycles. The van der Waals surface area contributed by atoms with Gasteiger partial charge in [0.1, 0.15) is 0 Å². The molecule has 0 saturated carbocycles. The SMILES string of the molecule is CC(Nc1cccc(CO)c1)c1cccnc1. The number of aromatic nitrogens is 1. The highest BCUT2D eigenvalue weighted by atomic mass is 16.3. The van der Waals surface area contributed by atoms with E-state index in [1.807, 2.05) is 42.6 Å². The molecule has 88 valence electrons. The Labute approximate surface area is 101 Å². The van der Waals surface area contributed by atoms with E-state index in [4.69, 9.17) is 5.11 Å². The van der Waals surface area contributed by atoms with Gasteiger partial charge < -0.3 is 10.4 Å². The summed E-state index contributed by atoms with van der Waals surface area (Å²) < 4.78 is 0. The Morgan fingerprint density at radius 2 is 2.18 bits per heavy atom. The van der Waals surface area contributed by atoms with Gasteiger partial charge in [0.25, 0.3) is 0 Å². The van der Waals surface area contributed by atoms with E-state index in [0.717, 1.165) is 16.8 Å². The third-order valence-electron chi connectivity index (χ3n) is 2.68. The average molecular weight is 228 g/mol. The molecule has 0 spiro atoms. The van der Waals surface area contributed by atoms with Gasteiger partial charge in [-0.1, -0.05) is 18.2 Å². The first kappa shape index (κ1) is 11.6. The van der Waals surface area contributed by atoms with Crippen LogP contribution in [0, 0.1) is 0 Å². The third-order valence-corrected chi connectivity index (χ3v) is 2.68. The second-order valence-electron chi connectivity index (χ2n) is 4.01. The summed E-state index contributed by atoms with van der Waals surface area (Å²) in [6, 6.07) is 11.9. The van der Waals surface area contributed by atoms with Crippen molar-refractivity contribution in [2.75, 3.05) is 5.32 Å². The summed E-state index contributed by atoms with van der Waals surface area (Å²) >= 11 is 0. The number of aliphatic hydroxyl groups excluding tert-OH is 1. The molecule has 1 atom stereocenters. The lowest BCUT2D eigenvalue weighted by molar-refractivity contribution is 0.282. The smallest absolute Gasteiger partial charge is 0.0682 e. The van der Waals surface area contributed by atoms with E-state index in [2.05, 4.69) is 17.2 Å². The molecule has 0 saturated heterocycles. The van der Waals surface area contributed by atoms with Crippen molar-refractivity contribution in [2.45, 2.75) is 19.6 Å². The van der Waals surface area contributed by atoms with Crippen molar-refractivity contribution in [3.8, 4) is 0 Å². The number of pyridine rings is 1. The summed E-state index contributed by atoms with van der Waals surface area (Å²) in [5.74, 6) is 0. The molecule has 0 bridgehead atoms. The van der Waals surface area contributed by atoms with Gasteiger partial charge in [-0.2, -0.15) is 0 Å². The van der Waals surface area contributed by atoms with Crippen LogP contribution >= 0.6 is 0 Å². The van der Waals surface area contributed by atoms with Gasteiger partial charge in [0, 0.05) is 18.1 Å². The molecule has 3 nitrogen and oxygen atoms in total. The van der Waals surface area contributed by atoms with Crippen LogP contribution in [0.3, 0.4) is 0 Å². The Hall–Kier alpha value is -1.87. The molecule has 1 heterocycles. The molecule has 1 unspecified atom stereocenters. The van der Waals surface area contributed by atoms with E-state index >= 15 is 0 Å². The van der Waals surface area contributed by atoms with Gasteiger partial charge in [-0.05, 0) is 36.2 Å². The van der Waals surface area contributed by atoms with E-state index in [1.54, 1.807) is 6.20 Å². The largest absolute Gasteiger partial charge is 0.392 e. The Morgan fingerprint density at radius 3 is 2.88 bits per heavy atom. The molecule has 0 aliphatic heterocycles. The Morgan fingerprint density at radius 1 is 1.29 bits per heavy atom. The van der Waals surface area contributed by atoms with Crippen molar-refractivity contribution in [1.82, 2.24) is 4.98 Å². The van der Waals surface area contributed by atoms with E-state index in [9.17, 15) is 0 Å². The molecular weight excluding hydrogens is 212 g/mol. The third kappa shape index (κ3) is 3.04. The van der Waals surface area contributed by atoms with Crippen molar-refractivity contribution >= 4 is 5.69 Å². The zero-order valence-electron chi connectivity index (χ0n) is 9.80. The van der Waals surface area contributed by atoms with Crippen molar-refractivity contribution in [2.24, 2.45) is 0 Å². The van der Waals surface area contributed by atoms with Crippen molar-refractivity contribution in [3.63, 3.8) is 0 Å². The first-order valence-electron chi connectivity index (χ1n) is 5.66. The van der Waals surface area contributed by atoms with Gasteiger partial charge in [0.15, 0.2) is 0 Å². The number of hydrogen-bond acceptors (Lipinski definition) is 3. The number of hydrogen-bond donors (Lipinski definition) is 2. The van der Waals surface area contributed by atoms with Crippen LogP contribution in [0.1, 0.15) is 24.1 Å². The number of nitrogens with one attached hydrogen (secondary N) is 1. The molecule has 1 aromatic heterocycles. The highest BCUT2D eigenvalue weighted by Gasteiger charge is 2.04. The van der Waals surface area contributed by atoms with Gasteiger partial charge in [-0.3, -0.25) is 4.98 Å².